The number of fused-ring (bicyclic) bond motifs is 1. The number of benzene rings is 2. The minimum Gasteiger partial charge on any atom is -0.480 e. The summed E-state index contributed by atoms with van der Waals surface area (Å²) in [7, 11) is 0. The largest absolute Gasteiger partial charge is 0.480 e. The zero-order chi connectivity index (χ0) is 25.0. The van der Waals surface area contributed by atoms with E-state index >= 15 is 0 Å². The SMILES string of the molecule is CC(C)(C)C(=O)SC(Cc1ccccc1)C(=O)C1Cc2ccccc2N(CC(=O)O)C(=O)C1N. The van der Waals surface area contributed by atoms with E-state index in [9.17, 15) is 24.3 Å². The van der Waals surface area contributed by atoms with Crippen LogP contribution in [0.1, 0.15) is 31.9 Å². The number of amides is 1. The van der Waals surface area contributed by atoms with Crippen molar-refractivity contribution in [2.24, 2.45) is 17.1 Å². The number of anilines is 1. The fraction of sp³-hybridized carbons (Fsp3) is 0.385. The minimum absolute atomic E-state index is 0.122. The average Bonchev–Trinajstić information content (AvgIpc) is 2.88. The van der Waals surface area contributed by atoms with Crippen molar-refractivity contribution in [3.05, 3.63) is 65.7 Å². The van der Waals surface area contributed by atoms with Crippen molar-refractivity contribution < 1.29 is 24.3 Å². The van der Waals surface area contributed by atoms with Gasteiger partial charge in [0.25, 0.3) is 0 Å². The highest BCUT2D eigenvalue weighted by molar-refractivity contribution is 8.14. The molecule has 1 aliphatic heterocycles. The topological polar surface area (TPSA) is 118 Å². The Kier molecular flexibility index (Phi) is 7.94. The number of aliphatic carboxylic acids is 1. The van der Waals surface area contributed by atoms with E-state index in [4.69, 9.17) is 5.73 Å². The van der Waals surface area contributed by atoms with Gasteiger partial charge in [-0.25, -0.2) is 0 Å². The number of thioether (sulfide) groups is 1. The molecular weight excluding hydrogens is 452 g/mol. The number of carboxylic acids is 1. The molecule has 3 atom stereocenters. The molecule has 0 saturated heterocycles. The number of hydrogen-bond acceptors (Lipinski definition) is 6. The van der Waals surface area contributed by atoms with Crippen LogP contribution in [-0.4, -0.2) is 45.7 Å². The lowest BCUT2D eigenvalue weighted by molar-refractivity contribution is -0.137. The lowest BCUT2D eigenvalue weighted by Gasteiger charge is -2.27. The first-order valence-corrected chi connectivity index (χ1v) is 12.0. The number of nitrogens with zero attached hydrogens (tertiary/aromatic N) is 1. The van der Waals surface area contributed by atoms with Gasteiger partial charge in [-0.3, -0.25) is 24.1 Å². The smallest absolute Gasteiger partial charge is 0.323 e. The van der Waals surface area contributed by atoms with Gasteiger partial charge in [-0.15, -0.1) is 0 Å². The van der Waals surface area contributed by atoms with Crippen molar-refractivity contribution in [3.8, 4) is 0 Å². The summed E-state index contributed by atoms with van der Waals surface area (Å²) in [6.45, 7) is 4.85. The van der Waals surface area contributed by atoms with Gasteiger partial charge < -0.3 is 10.8 Å². The highest BCUT2D eigenvalue weighted by atomic mass is 32.2. The van der Waals surface area contributed by atoms with Crippen molar-refractivity contribution in [2.45, 2.75) is 44.9 Å². The molecule has 0 aromatic heterocycles. The fourth-order valence-electron chi connectivity index (χ4n) is 3.93. The third-order valence-electron chi connectivity index (χ3n) is 5.81. The van der Waals surface area contributed by atoms with E-state index in [-0.39, 0.29) is 17.3 Å². The highest BCUT2D eigenvalue weighted by Gasteiger charge is 2.42. The number of carbonyl (C=O) groups excluding carboxylic acids is 3. The van der Waals surface area contributed by atoms with Gasteiger partial charge >= 0.3 is 5.97 Å². The average molecular weight is 483 g/mol. The number of carbonyl (C=O) groups is 4. The van der Waals surface area contributed by atoms with Crippen LogP contribution in [0.15, 0.2) is 54.6 Å². The molecule has 0 spiro atoms. The quantitative estimate of drug-likeness (QED) is 0.623. The van der Waals surface area contributed by atoms with Crippen molar-refractivity contribution in [2.75, 3.05) is 11.4 Å². The molecule has 8 heteroatoms. The monoisotopic (exact) mass is 482 g/mol. The van der Waals surface area contributed by atoms with Gasteiger partial charge in [0.2, 0.25) is 5.91 Å². The summed E-state index contributed by atoms with van der Waals surface area (Å²) in [5.74, 6) is -2.95. The Morgan fingerprint density at radius 3 is 2.32 bits per heavy atom. The molecule has 3 rings (SSSR count). The predicted octanol–water partition coefficient (Wildman–Crippen LogP) is 3.09. The zero-order valence-electron chi connectivity index (χ0n) is 19.6. The maximum absolute atomic E-state index is 13.9. The van der Waals surface area contributed by atoms with Crippen LogP contribution in [0.4, 0.5) is 5.69 Å². The standard InChI is InChI=1S/C26H30N2O5S/c1-26(2,3)25(33)34-20(13-16-9-5-4-6-10-16)23(31)18-14-17-11-7-8-12-19(17)28(15-21(29)30)24(32)22(18)27/h4-12,18,20,22H,13-15,27H2,1-3H3,(H,29,30). The summed E-state index contributed by atoms with van der Waals surface area (Å²) in [5, 5.41) is 8.50. The molecule has 7 nitrogen and oxygen atoms in total. The Labute approximate surface area is 203 Å². The molecule has 180 valence electrons. The van der Waals surface area contributed by atoms with E-state index in [1.54, 1.807) is 45.0 Å². The van der Waals surface area contributed by atoms with Crippen LogP contribution in [0.25, 0.3) is 0 Å². The summed E-state index contributed by atoms with van der Waals surface area (Å²) in [4.78, 5) is 52.6. The zero-order valence-corrected chi connectivity index (χ0v) is 20.4. The van der Waals surface area contributed by atoms with E-state index in [0.717, 1.165) is 22.2 Å². The van der Waals surface area contributed by atoms with Crippen LogP contribution < -0.4 is 10.6 Å². The molecule has 0 fully saturated rings. The molecule has 3 N–H and O–H groups in total. The van der Waals surface area contributed by atoms with Crippen molar-refractivity contribution >= 4 is 40.2 Å². The molecule has 0 bridgehead atoms. The van der Waals surface area contributed by atoms with Gasteiger partial charge in [0, 0.05) is 17.0 Å². The van der Waals surface area contributed by atoms with Crippen LogP contribution in [0.3, 0.4) is 0 Å². The fourth-order valence-corrected chi connectivity index (χ4v) is 5.11. The summed E-state index contributed by atoms with van der Waals surface area (Å²) < 4.78 is 0. The first kappa shape index (κ1) is 25.6. The number of nitrogens with two attached hydrogens (primary N) is 1. The number of ketones is 1. The van der Waals surface area contributed by atoms with Gasteiger partial charge in [-0.2, -0.15) is 0 Å². The van der Waals surface area contributed by atoms with E-state index in [2.05, 4.69) is 0 Å². The molecule has 34 heavy (non-hydrogen) atoms. The second-order valence-electron chi connectivity index (χ2n) is 9.52. The maximum atomic E-state index is 13.9. The van der Waals surface area contributed by atoms with Gasteiger partial charge in [-0.05, 0) is 30.0 Å². The number of hydrogen-bond donors (Lipinski definition) is 2. The van der Waals surface area contributed by atoms with Crippen LogP contribution in [0.2, 0.25) is 0 Å². The third-order valence-corrected chi connectivity index (χ3v) is 7.32. The third kappa shape index (κ3) is 5.93. The Balaban J connectivity index is 1.98. The van der Waals surface area contributed by atoms with Crippen LogP contribution in [-0.2, 0) is 32.0 Å². The Hall–Kier alpha value is -2.97. The molecule has 2 aromatic carbocycles. The molecule has 0 radical (unpaired) electrons. The Morgan fingerprint density at radius 1 is 1.09 bits per heavy atom. The summed E-state index contributed by atoms with van der Waals surface area (Å²) in [5.41, 5.74) is 7.69. The minimum atomic E-state index is -1.22. The molecule has 3 unspecified atom stereocenters. The van der Waals surface area contributed by atoms with Gasteiger partial charge in [0.1, 0.15) is 6.54 Å². The van der Waals surface area contributed by atoms with Crippen molar-refractivity contribution in [1.82, 2.24) is 0 Å². The normalized spacial score (nSPS) is 19.2. The van der Waals surface area contributed by atoms with Crippen LogP contribution in [0.5, 0.6) is 0 Å². The van der Waals surface area contributed by atoms with Crippen LogP contribution in [0, 0.1) is 11.3 Å². The summed E-state index contributed by atoms with van der Waals surface area (Å²) >= 11 is 0.988. The molecule has 1 aliphatic rings. The molecular formula is C26H30N2O5S. The molecule has 1 heterocycles. The maximum Gasteiger partial charge on any atom is 0.323 e. The van der Waals surface area contributed by atoms with Gasteiger partial charge in [0.15, 0.2) is 10.9 Å². The van der Waals surface area contributed by atoms with Crippen molar-refractivity contribution in [3.63, 3.8) is 0 Å². The van der Waals surface area contributed by atoms with E-state index in [1.165, 1.54) is 0 Å². The molecule has 0 saturated carbocycles. The molecule has 1 amide bonds. The second kappa shape index (κ2) is 10.5. The lowest BCUT2D eigenvalue weighted by atomic mass is 9.86. The van der Waals surface area contributed by atoms with Crippen LogP contribution >= 0.6 is 11.8 Å². The molecule has 2 aromatic rings. The molecule has 0 aliphatic carbocycles. The number of carboxylic acid groups (broad SMARTS) is 1. The highest BCUT2D eigenvalue weighted by Crippen LogP contribution is 2.34. The first-order valence-electron chi connectivity index (χ1n) is 11.1. The van der Waals surface area contributed by atoms with E-state index in [0.29, 0.717) is 17.7 Å². The van der Waals surface area contributed by atoms with E-state index in [1.807, 2.05) is 30.3 Å². The number of Topliss-reactive ketones (excluding diaryl/α,β-unsaturated/α-hetero) is 1. The lowest BCUT2D eigenvalue weighted by Crippen LogP contribution is -2.51. The summed E-state index contributed by atoms with van der Waals surface area (Å²) in [6, 6.07) is 15.1. The van der Waals surface area contributed by atoms with Gasteiger partial charge in [-0.1, -0.05) is 81.1 Å². The Morgan fingerprint density at radius 2 is 1.71 bits per heavy atom. The summed E-state index contributed by atoms with van der Waals surface area (Å²) in [6.07, 6.45) is 0.512. The first-order chi connectivity index (χ1) is 16.0. The number of rotatable bonds is 7. The second-order valence-corrected chi connectivity index (χ2v) is 10.7. The Bertz CT molecular complexity index is 1080. The number of para-hydroxylation sites is 1. The van der Waals surface area contributed by atoms with Crippen molar-refractivity contribution in [1.29, 1.82) is 0 Å². The predicted molar refractivity (Wildman–Crippen MR) is 133 cm³/mol. The van der Waals surface area contributed by atoms with Gasteiger partial charge in [0.05, 0.1) is 11.3 Å². The van der Waals surface area contributed by atoms with E-state index < -0.39 is 41.0 Å².